The Morgan fingerprint density at radius 1 is 1.25 bits per heavy atom. The number of esters is 1. The second-order valence-corrected chi connectivity index (χ2v) is 5.58. The van der Waals surface area contributed by atoms with Crippen molar-refractivity contribution in [3.63, 3.8) is 0 Å². The third-order valence-electron chi connectivity index (χ3n) is 3.24. The Labute approximate surface area is 143 Å². The second-order valence-electron chi connectivity index (χ2n) is 5.23. The molecule has 5 nitrogen and oxygen atoms in total. The minimum Gasteiger partial charge on any atom is -0.452 e. The molecule has 0 aliphatic heterocycles. The molecular formula is C17H16ClFN2O3. The first kappa shape index (κ1) is 17.9. The van der Waals surface area contributed by atoms with E-state index in [1.165, 1.54) is 12.1 Å². The third-order valence-corrected chi connectivity index (χ3v) is 3.52. The van der Waals surface area contributed by atoms with Crippen LogP contribution >= 0.6 is 11.6 Å². The van der Waals surface area contributed by atoms with Crippen LogP contribution in [0.4, 0.5) is 4.39 Å². The maximum absolute atomic E-state index is 12.8. The van der Waals surface area contributed by atoms with Gasteiger partial charge in [-0.1, -0.05) is 23.7 Å². The van der Waals surface area contributed by atoms with E-state index in [1.54, 1.807) is 32.0 Å². The van der Waals surface area contributed by atoms with Gasteiger partial charge in [0.05, 0.1) is 5.56 Å². The molecule has 2 aromatic rings. The van der Waals surface area contributed by atoms with Crippen LogP contribution in [0.2, 0.25) is 5.15 Å². The number of halogens is 2. The molecule has 0 spiro atoms. The van der Waals surface area contributed by atoms with E-state index in [0.29, 0.717) is 11.3 Å². The van der Waals surface area contributed by atoms with E-state index in [2.05, 4.69) is 10.3 Å². The van der Waals surface area contributed by atoms with Crippen LogP contribution in [0.15, 0.2) is 30.3 Å². The van der Waals surface area contributed by atoms with Crippen LogP contribution in [-0.4, -0.2) is 23.5 Å². The summed E-state index contributed by atoms with van der Waals surface area (Å²) in [6.07, 6.45) is 0. The van der Waals surface area contributed by atoms with Gasteiger partial charge < -0.3 is 10.1 Å². The first-order valence-corrected chi connectivity index (χ1v) is 7.56. The maximum Gasteiger partial charge on any atom is 0.342 e. The highest BCUT2D eigenvalue weighted by Gasteiger charge is 2.18. The van der Waals surface area contributed by atoms with Crippen LogP contribution in [0.1, 0.15) is 27.2 Å². The molecule has 1 aromatic heterocycles. The molecule has 0 aliphatic carbocycles. The Morgan fingerprint density at radius 2 is 1.92 bits per heavy atom. The Hall–Kier alpha value is -2.47. The zero-order chi connectivity index (χ0) is 17.7. The van der Waals surface area contributed by atoms with Crippen molar-refractivity contribution in [3.8, 4) is 0 Å². The summed E-state index contributed by atoms with van der Waals surface area (Å²) in [4.78, 5) is 27.8. The predicted molar refractivity (Wildman–Crippen MR) is 87.3 cm³/mol. The van der Waals surface area contributed by atoms with E-state index in [4.69, 9.17) is 16.3 Å². The first-order chi connectivity index (χ1) is 11.4. The first-order valence-electron chi connectivity index (χ1n) is 7.19. The second kappa shape index (κ2) is 7.88. The lowest BCUT2D eigenvalue weighted by atomic mass is 10.1. The topological polar surface area (TPSA) is 68.3 Å². The number of aryl methyl sites for hydroxylation is 2. The lowest BCUT2D eigenvalue weighted by Gasteiger charge is -2.09. The molecule has 1 amide bonds. The number of pyridine rings is 1. The molecule has 2 rings (SSSR count). The normalized spacial score (nSPS) is 10.3. The largest absolute Gasteiger partial charge is 0.452 e. The van der Waals surface area contributed by atoms with Crippen molar-refractivity contribution in [2.24, 2.45) is 0 Å². The van der Waals surface area contributed by atoms with Crippen molar-refractivity contribution in [1.82, 2.24) is 10.3 Å². The molecule has 0 unspecified atom stereocenters. The number of nitrogens with one attached hydrogen (secondary N) is 1. The number of amides is 1. The van der Waals surface area contributed by atoms with E-state index >= 15 is 0 Å². The molecule has 0 saturated heterocycles. The minimum atomic E-state index is -0.707. The van der Waals surface area contributed by atoms with Gasteiger partial charge in [-0.2, -0.15) is 0 Å². The summed E-state index contributed by atoms with van der Waals surface area (Å²) in [5.41, 5.74) is 2.20. The SMILES string of the molecule is Cc1cc(C)c(C(=O)OCC(=O)NCc2ccc(F)cc2)c(Cl)n1. The lowest BCUT2D eigenvalue weighted by molar-refractivity contribution is -0.124. The zero-order valence-electron chi connectivity index (χ0n) is 13.2. The summed E-state index contributed by atoms with van der Waals surface area (Å²) >= 11 is 5.96. The molecule has 1 heterocycles. The van der Waals surface area contributed by atoms with Crippen LogP contribution in [0.25, 0.3) is 0 Å². The van der Waals surface area contributed by atoms with Crippen LogP contribution in [0.5, 0.6) is 0 Å². The summed E-state index contributed by atoms with van der Waals surface area (Å²) in [6.45, 7) is 3.24. The van der Waals surface area contributed by atoms with Gasteiger partial charge in [0.15, 0.2) is 6.61 Å². The molecule has 0 saturated carbocycles. The summed E-state index contributed by atoms with van der Waals surface area (Å²) in [7, 11) is 0. The summed E-state index contributed by atoms with van der Waals surface area (Å²) in [5.74, 6) is -1.53. The Morgan fingerprint density at radius 3 is 2.54 bits per heavy atom. The van der Waals surface area contributed by atoms with Crippen molar-refractivity contribution in [3.05, 3.63) is 63.7 Å². The minimum absolute atomic E-state index is 0.0456. The smallest absolute Gasteiger partial charge is 0.342 e. The van der Waals surface area contributed by atoms with Crippen LogP contribution in [0, 0.1) is 19.7 Å². The van der Waals surface area contributed by atoms with Gasteiger partial charge in [0.25, 0.3) is 5.91 Å². The molecule has 0 radical (unpaired) electrons. The number of carbonyl (C=O) groups excluding carboxylic acids is 2. The standard InChI is InChI=1S/C17H16ClFN2O3/c1-10-7-11(2)21-16(18)15(10)17(23)24-9-14(22)20-8-12-3-5-13(19)6-4-12/h3-7H,8-9H2,1-2H3,(H,20,22). The molecule has 0 fully saturated rings. The van der Waals surface area contributed by atoms with E-state index < -0.39 is 18.5 Å². The number of benzene rings is 1. The number of rotatable bonds is 5. The van der Waals surface area contributed by atoms with Gasteiger partial charge in [-0.15, -0.1) is 0 Å². The molecule has 1 aromatic carbocycles. The zero-order valence-corrected chi connectivity index (χ0v) is 14.0. The molecule has 0 aliphatic rings. The molecular weight excluding hydrogens is 335 g/mol. The average Bonchev–Trinajstić information content (AvgIpc) is 2.51. The highest BCUT2D eigenvalue weighted by Crippen LogP contribution is 2.19. The average molecular weight is 351 g/mol. The number of aromatic nitrogens is 1. The Balaban J connectivity index is 1.87. The molecule has 1 N–H and O–H groups in total. The van der Waals surface area contributed by atoms with E-state index in [-0.39, 0.29) is 23.1 Å². The van der Waals surface area contributed by atoms with Crippen LogP contribution in [-0.2, 0) is 16.1 Å². The van der Waals surface area contributed by atoms with Gasteiger partial charge in [-0.05, 0) is 43.2 Å². The van der Waals surface area contributed by atoms with Gasteiger partial charge in [0.2, 0.25) is 0 Å². The van der Waals surface area contributed by atoms with Crippen molar-refractivity contribution in [2.75, 3.05) is 6.61 Å². The quantitative estimate of drug-likeness (QED) is 0.665. The van der Waals surface area contributed by atoms with Crippen LogP contribution < -0.4 is 5.32 Å². The van der Waals surface area contributed by atoms with E-state index in [0.717, 1.165) is 5.56 Å². The van der Waals surface area contributed by atoms with Gasteiger partial charge >= 0.3 is 5.97 Å². The third kappa shape index (κ3) is 4.76. The van der Waals surface area contributed by atoms with Crippen molar-refractivity contribution in [2.45, 2.75) is 20.4 Å². The molecule has 0 bridgehead atoms. The Kier molecular flexibility index (Phi) is 5.87. The van der Waals surface area contributed by atoms with Crippen molar-refractivity contribution < 1.29 is 18.7 Å². The molecule has 126 valence electrons. The lowest BCUT2D eigenvalue weighted by Crippen LogP contribution is -2.28. The fourth-order valence-corrected chi connectivity index (χ4v) is 2.45. The molecule has 24 heavy (non-hydrogen) atoms. The number of nitrogens with zero attached hydrogens (tertiary/aromatic N) is 1. The van der Waals surface area contributed by atoms with E-state index in [9.17, 15) is 14.0 Å². The molecule has 0 atom stereocenters. The maximum atomic E-state index is 12.8. The summed E-state index contributed by atoms with van der Waals surface area (Å²) < 4.78 is 17.7. The number of carbonyl (C=O) groups is 2. The van der Waals surface area contributed by atoms with Crippen LogP contribution in [0.3, 0.4) is 0 Å². The fraction of sp³-hybridized carbons (Fsp3) is 0.235. The van der Waals surface area contributed by atoms with Gasteiger partial charge in [0, 0.05) is 12.2 Å². The predicted octanol–water partition coefficient (Wildman–Crippen LogP) is 2.96. The highest BCUT2D eigenvalue weighted by atomic mass is 35.5. The number of hydrogen-bond donors (Lipinski definition) is 1. The summed E-state index contributed by atoms with van der Waals surface area (Å²) in [5, 5.41) is 2.62. The van der Waals surface area contributed by atoms with Crippen molar-refractivity contribution in [1.29, 1.82) is 0 Å². The van der Waals surface area contributed by atoms with E-state index in [1.807, 2.05) is 0 Å². The number of ether oxygens (including phenoxy) is 1. The van der Waals surface area contributed by atoms with Crippen molar-refractivity contribution >= 4 is 23.5 Å². The number of hydrogen-bond acceptors (Lipinski definition) is 4. The summed E-state index contributed by atoms with van der Waals surface area (Å²) in [6, 6.07) is 7.43. The van der Waals surface area contributed by atoms with Gasteiger partial charge in [-0.25, -0.2) is 14.2 Å². The van der Waals surface area contributed by atoms with Gasteiger partial charge in [-0.3, -0.25) is 4.79 Å². The highest BCUT2D eigenvalue weighted by molar-refractivity contribution is 6.32. The molecule has 7 heteroatoms. The monoisotopic (exact) mass is 350 g/mol. The fourth-order valence-electron chi connectivity index (χ4n) is 2.09. The Bertz CT molecular complexity index is 740. The van der Waals surface area contributed by atoms with Gasteiger partial charge in [0.1, 0.15) is 11.0 Å².